The number of aliphatic hydroxyl groups is 1. The Morgan fingerprint density at radius 3 is 2.76 bits per heavy atom. The summed E-state index contributed by atoms with van der Waals surface area (Å²) in [5, 5.41) is 12.1. The topological polar surface area (TPSA) is 54.3 Å². The lowest BCUT2D eigenvalue weighted by Crippen LogP contribution is -2.41. The Morgan fingerprint density at radius 2 is 2.24 bits per heavy atom. The van der Waals surface area contributed by atoms with E-state index in [0.717, 1.165) is 13.0 Å². The summed E-state index contributed by atoms with van der Waals surface area (Å²) < 4.78 is 1.93. The molecule has 17 heavy (non-hydrogen) atoms. The van der Waals surface area contributed by atoms with Crippen LogP contribution in [0, 0.1) is 5.92 Å². The van der Waals surface area contributed by atoms with Crippen LogP contribution in [0.5, 0.6) is 0 Å². The second kappa shape index (κ2) is 6.45. The summed E-state index contributed by atoms with van der Waals surface area (Å²) in [6.07, 6.45) is 2.89. The number of hydrogen-bond donors (Lipinski definition) is 2. The van der Waals surface area contributed by atoms with Crippen molar-refractivity contribution in [3.05, 3.63) is 24.0 Å². The number of aryl methyl sites for hydroxylation is 1. The molecule has 0 aliphatic carbocycles. The lowest BCUT2D eigenvalue weighted by atomic mass is 10.1. The molecule has 0 bridgehead atoms. The molecule has 1 amide bonds. The first-order valence-electron chi connectivity index (χ1n) is 6.17. The Hall–Kier alpha value is -1.29. The van der Waals surface area contributed by atoms with Crippen molar-refractivity contribution in [1.82, 2.24) is 9.88 Å². The van der Waals surface area contributed by atoms with E-state index >= 15 is 0 Å². The molecule has 4 heteroatoms. The predicted molar refractivity (Wildman–Crippen MR) is 67.9 cm³/mol. The first kappa shape index (κ1) is 13.8. The number of aromatic nitrogens is 1. The van der Waals surface area contributed by atoms with Crippen LogP contribution in [0.15, 0.2) is 18.3 Å². The van der Waals surface area contributed by atoms with Crippen molar-refractivity contribution in [3.63, 3.8) is 0 Å². The third kappa shape index (κ3) is 3.60. The van der Waals surface area contributed by atoms with Gasteiger partial charge in [0.05, 0.1) is 12.6 Å². The quantitative estimate of drug-likeness (QED) is 0.791. The lowest BCUT2D eigenvalue weighted by Gasteiger charge is -2.20. The van der Waals surface area contributed by atoms with Crippen molar-refractivity contribution in [1.29, 1.82) is 0 Å². The van der Waals surface area contributed by atoms with E-state index in [9.17, 15) is 9.90 Å². The fraction of sp³-hybridized carbons (Fsp3) is 0.615. The van der Waals surface area contributed by atoms with Crippen LogP contribution in [0.25, 0.3) is 0 Å². The van der Waals surface area contributed by atoms with Crippen molar-refractivity contribution >= 4 is 5.91 Å². The monoisotopic (exact) mass is 238 g/mol. The molecule has 1 rings (SSSR count). The zero-order valence-corrected chi connectivity index (χ0v) is 10.8. The van der Waals surface area contributed by atoms with Gasteiger partial charge >= 0.3 is 0 Å². The molecule has 0 saturated heterocycles. The summed E-state index contributed by atoms with van der Waals surface area (Å²) in [7, 11) is 0. The highest BCUT2D eigenvalue weighted by atomic mass is 16.3. The van der Waals surface area contributed by atoms with Gasteiger partial charge in [0.2, 0.25) is 0 Å². The van der Waals surface area contributed by atoms with E-state index in [1.165, 1.54) is 0 Å². The fourth-order valence-electron chi connectivity index (χ4n) is 1.72. The Morgan fingerprint density at radius 1 is 1.53 bits per heavy atom. The molecule has 0 fully saturated rings. The highest BCUT2D eigenvalue weighted by molar-refractivity contribution is 5.92. The largest absolute Gasteiger partial charge is 0.394 e. The van der Waals surface area contributed by atoms with Crippen LogP contribution in [0.4, 0.5) is 0 Å². The highest BCUT2D eigenvalue weighted by Gasteiger charge is 2.17. The van der Waals surface area contributed by atoms with Crippen molar-refractivity contribution in [2.75, 3.05) is 6.61 Å². The molecule has 2 N–H and O–H groups in total. The molecule has 0 radical (unpaired) electrons. The van der Waals surface area contributed by atoms with Gasteiger partial charge in [0.1, 0.15) is 5.69 Å². The molecule has 1 unspecified atom stereocenters. The summed E-state index contributed by atoms with van der Waals surface area (Å²) >= 11 is 0. The predicted octanol–water partition coefficient (Wildman–Crippen LogP) is 1.64. The van der Waals surface area contributed by atoms with E-state index in [0.29, 0.717) is 5.69 Å². The minimum absolute atomic E-state index is 0.0299. The van der Waals surface area contributed by atoms with Gasteiger partial charge in [0, 0.05) is 12.7 Å². The molecule has 96 valence electrons. The van der Waals surface area contributed by atoms with Crippen LogP contribution in [-0.4, -0.2) is 28.2 Å². The third-order valence-corrected chi connectivity index (χ3v) is 2.84. The molecular weight excluding hydrogens is 216 g/mol. The summed E-state index contributed by atoms with van der Waals surface area (Å²) in [5.41, 5.74) is 0.658. The van der Waals surface area contributed by atoms with Crippen molar-refractivity contribution < 1.29 is 9.90 Å². The number of carbonyl (C=O) groups is 1. The van der Waals surface area contributed by atoms with Gasteiger partial charge in [-0.15, -0.1) is 0 Å². The van der Waals surface area contributed by atoms with Crippen LogP contribution in [-0.2, 0) is 6.54 Å². The van der Waals surface area contributed by atoms with Gasteiger partial charge in [-0.05, 0) is 24.5 Å². The molecule has 0 saturated carbocycles. The summed E-state index contributed by atoms with van der Waals surface area (Å²) in [6.45, 7) is 6.84. The SMILES string of the molecule is CCCn1cccc1C(=O)NC(CO)C(C)C. The van der Waals surface area contributed by atoms with Gasteiger partial charge < -0.3 is 15.0 Å². The molecular formula is C13H22N2O2. The second-order valence-electron chi connectivity index (χ2n) is 4.59. The summed E-state index contributed by atoms with van der Waals surface area (Å²) in [4.78, 5) is 12.0. The van der Waals surface area contributed by atoms with Gasteiger partial charge in [-0.25, -0.2) is 0 Å². The first-order chi connectivity index (χ1) is 8.10. The fourth-order valence-corrected chi connectivity index (χ4v) is 1.72. The van der Waals surface area contributed by atoms with E-state index < -0.39 is 0 Å². The number of nitrogens with zero attached hydrogens (tertiary/aromatic N) is 1. The Bertz CT molecular complexity index is 358. The number of carbonyl (C=O) groups excluding carboxylic acids is 1. The third-order valence-electron chi connectivity index (χ3n) is 2.84. The number of rotatable bonds is 6. The Balaban J connectivity index is 2.71. The van der Waals surface area contributed by atoms with Gasteiger partial charge in [0.15, 0.2) is 0 Å². The minimum Gasteiger partial charge on any atom is -0.394 e. The highest BCUT2D eigenvalue weighted by Crippen LogP contribution is 2.06. The maximum atomic E-state index is 12.0. The van der Waals surface area contributed by atoms with E-state index in [4.69, 9.17) is 0 Å². The van der Waals surface area contributed by atoms with Crippen LogP contribution in [0.2, 0.25) is 0 Å². The van der Waals surface area contributed by atoms with Crippen molar-refractivity contribution in [2.45, 2.75) is 39.8 Å². The number of amides is 1. The molecule has 1 aromatic heterocycles. The molecule has 0 aliphatic rings. The molecule has 1 atom stereocenters. The minimum atomic E-state index is -0.188. The average molecular weight is 238 g/mol. The van der Waals surface area contributed by atoms with E-state index in [1.54, 1.807) is 6.07 Å². The normalized spacial score (nSPS) is 12.8. The molecule has 0 aromatic carbocycles. The van der Waals surface area contributed by atoms with Crippen molar-refractivity contribution in [3.8, 4) is 0 Å². The van der Waals surface area contributed by atoms with Gasteiger partial charge in [-0.1, -0.05) is 20.8 Å². The molecule has 4 nitrogen and oxygen atoms in total. The number of hydrogen-bond acceptors (Lipinski definition) is 2. The maximum Gasteiger partial charge on any atom is 0.268 e. The summed E-state index contributed by atoms with van der Waals surface area (Å²) in [5.74, 6) is 0.106. The van der Waals surface area contributed by atoms with Crippen LogP contribution in [0.3, 0.4) is 0 Å². The molecule has 1 aromatic rings. The van der Waals surface area contributed by atoms with E-state index in [2.05, 4.69) is 12.2 Å². The second-order valence-corrected chi connectivity index (χ2v) is 4.59. The standard InChI is InChI=1S/C13H22N2O2/c1-4-7-15-8-5-6-12(15)13(17)14-11(9-16)10(2)3/h5-6,8,10-11,16H,4,7,9H2,1-3H3,(H,14,17). The first-order valence-corrected chi connectivity index (χ1v) is 6.17. The number of aliphatic hydroxyl groups excluding tert-OH is 1. The molecule has 0 spiro atoms. The van der Waals surface area contributed by atoms with Crippen LogP contribution in [0.1, 0.15) is 37.7 Å². The maximum absolute atomic E-state index is 12.0. The average Bonchev–Trinajstić information content (AvgIpc) is 2.74. The number of nitrogens with one attached hydrogen (secondary N) is 1. The molecule has 0 aliphatic heterocycles. The zero-order chi connectivity index (χ0) is 12.8. The van der Waals surface area contributed by atoms with Gasteiger partial charge in [0.25, 0.3) is 5.91 Å². The Labute approximate surface area is 103 Å². The lowest BCUT2D eigenvalue weighted by molar-refractivity contribution is 0.0887. The van der Waals surface area contributed by atoms with Crippen LogP contribution >= 0.6 is 0 Å². The summed E-state index contributed by atoms with van der Waals surface area (Å²) in [6, 6.07) is 3.49. The Kier molecular flexibility index (Phi) is 5.22. The van der Waals surface area contributed by atoms with Crippen LogP contribution < -0.4 is 5.32 Å². The van der Waals surface area contributed by atoms with Gasteiger partial charge in [-0.3, -0.25) is 4.79 Å². The van der Waals surface area contributed by atoms with Crippen molar-refractivity contribution in [2.24, 2.45) is 5.92 Å². The zero-order valence-electron chi connectivity index (χ0n) is 10.8. The van der Waals surface area contributed by atoms with Gasteiger partial charge in [-0.2, -0.15) is 0 Å². The van der Waals surface area contributed by atoms with E-state index in [-0.39, 0.29) is 24.5 Å². The smallest absolute Gasteiger partial charge is 0.268 e. The van der Waals surface area contributed by atoms with E-state index in [1.807, 2.05) is 30.7 Å². The molecule has 1 heterocycles.